The van der Waals surface area contributed by atoms with E-state index in [-0.39, 0.29) is 6.10 Å². The van der Waals surface area contributed by atoms with Gasteiger partial charge in [-0.15, -0.1) is 0 Å². The molecule has 0 aliphatic heterocycles. The normalized spacial score (nSPS) is 30.5. The van der Waals surface area contributed by atoms with Crippen molar-refractivity contribution >= 4 is 20.6 Å². The fraction of sp³-hybridized carbons (Fsp3) is 0.750. The van der Waals surface area contributed by atoms with E-state index in [1.807, 2.05) is 39.8 Å². The van der Waals surface area contributed by atoms with E-state index in [0.717, 1.165) is 60.1 Å². The quantitative estimate of drug-likeness (QED) is 0.371. The molecule has 0 amide bonds. The number of rotatable bonds is 6. The smallest absolute Gasteiger partial charge is 0.133 e. The number of aromatic hydroxyl groups is 1. The van der Waals surface area contributed by atoms with Gasteiger partial charge in [0.2, 0.25) is 0 Å². The van der Waals surface area contributed by atoms with Crippen molar-refractivity contribution in [2.24, 2.45) is 29.6 Å². The molecule has 2 N–H and O–H groups in total. The summed E-state index contributed by atoms with van der Waals surface area (Å²) < 4.78 is 6.03. The Bertz CT molecular complexity index is 753. The van der Waals surface area contributed by atoms with Crippen LogP contribution in [0.2, 0.25) is 0 Å². The van der Waals surface area contributed by atoms with Crippen LogP contribution < -0.4 is 10.0 Å². The summed E-state index contributed by atoms with van der Waals surface area (Å²) in [6.07, 6.45) is 19.2. The van der Waals surface area contributed by atoms with Gasteiger partial charge in [-0.25, -0.2) is 0 Å². The van der Waals surface area contributed by atoms with Crippen molar-refractivity contribution in [3.8, 4) is 11.5 Å². The molecule has 0 aromatic heterocycles. The number of allylic oxidation sites excluding steroid dienone is 1. The molecule has 0 saturated heterocycles. The molecule has 0 bridgehead atoms. The van der Waals surface area contributed by atoms with Crippen molar-refractivity contribution in [3.05, 3.63) is 23.8 Å². The van der Waals surface area contributed by atoms with E-state index in [1.54, 1.807) is 0 Å². The Morgan fingerprint density at radius 2 is 1.39 bits per heavy atom. The van der Waals surface area contributed by atoms with Gasteiger partial charge in [0.15, 0.2) is 0 Å². The van der Waals surface area contributed by atoms with Gasteiger partial charge in [-0.1, -0.05) is 68.9 Å². The number of aliphatic hydroxyl groups excluding tert-OH is 1. The highest BCUT2D eigenvalue weighted by molar-refractivity contribution is 7.28. The lowest BCUT2D eigenvalue weighted by atomic mass is 9.69. The average Bonchev–Trinajstić information content (AvgIpc) is 2.93. The first-order chi connectivity index (χ1) is 17.5. The van der Waals surface area contributed by atoms with Crippen molar-refractivity contribution in [2.75, 3.05) is 6.61 Å². The van der Waals surface area contributed by atoms with E-state index in [9.17, 15) is 10.2 Å². The molecule has 3 nitrogen and oxygen atoms in total. The summed E-state index contributed by atoms with van der Waals surface area (Å²) in [4.78, 5) is 0. The molecule has 1 aromatic carbocycles. The number of benzene rings is 1. The molecular formula is C32H55O3P. The maximum absolute atomic E-state index is 10.7. The third-order valence-electron chi connectivity index (χ3n) is 8.59. The Balaban J connectivity index is 0.00000109. The molecule has 0 radical (unpaired) electrons. The van der Waals surface area contributed by atoms with Crippen LogP contribution in [0, 0.1) is 29.6 Å². The number of phenolic OH excluding ortho intramolecular Hbond substituents is 1. The van der Waals surface area contributed by atoms with Gasteiger partial charge < -0.3 is 14.9 Å². The average molecular weight is 519 g/mol. The Labute approximate surface area is 224 Å². The zero-order valence-corrected chi connectivity index (χ0v) is 25.0. The summed E-state index contributed by atoms with van der Waals surface area (Å²) >= 11 is 0. The number of aliphatic hydroxyl groups is 1. The third kappa shape index (κ3) is 9.36. The monoisotopic (exact) mass is 518 g/mol. The lowest BCUT2D eigenvalue weighted by molar-refractivity contribution is 0.0919. The van der Waals surface area contributed by atoms with Gasteiger partial charge in [0.05, 0.1) is 18.0 Å². The summed E-state index contributed by atoms with van der Waals surface area (Å²) in [7, 11) is 2.65. The van der Waals surface area contributed by atoms with Crippen molar-refractivity contribution in [1.82, 2.24) is 0 Å². The molecule has 4 heteroatoms. The van der Waals surface area contributed by atoms with Gasteiger partial charge in [0.1, 0.15) is 11.5 Å². The Hall–Kier alpha value is -1.05. The highest BCUT2D eigenvalue weighted by Gasteiger charge is 2.29. The van der Waals surface area contributed by atoms with Gasteiger partial charge in [0, 0.05) is 5.56 Å². The minimum Gasteiger partial charge on any atom is -0.507 e. The standard InChI is InChI=1S/C28H43O3P.2C2H6/c1-19-2-9-22(10-3-19)23-11-4-20(5-12-23)6-13-24-14-17-26(28(32)27(24)30)31-18-21-7-15-25(29)16-8-21;2*1-2/h6,13-14,17,19-23,25,29-30H,2-5,7-12,15-16,18,32H2,1H3;2*1-2H3/b13-6+;;. The van der Waals surface area contributed by atoms with E-state index >= 15 is 0 Å². The molecule has 4 rings (SSSR count). The van der Waals surface area contributed by atoms with Gasteiger partial charge in [-0.2, -0.15) is 0 Å². The summed E-state index contributed by atoms with van der Waals surface area (Å²) in [5.41, 5.74) is 0.881. The second-order valence-corrected chi connectivity index (χ2v) is 11.5. The topological polar surface area (TPSA) is 49.7 Å². The largest absolute Gasteiger partial charge is 0.507 e. The number of hydrogen-bond acceptors (Lipinski definition) is 3. The molecule has 1 unspecified atom stereocenters. The molecule has 3 aliphatic carbocycles. The fourth-order valence-electron chi connectivity index (χ4n) is 6.19. The molecule has 1 aromatic rings. The highest BCUT2D eigenvalue weighted by atomic mass is 31.0. The van der Waals surface area contributed by atoms with Crippen LogP contribution in [0.25, 0.3) is 6.08 Å². The van der Waals surface area contributed by atoms with Crippen LogP contribution in [-0.2, 0) is 0 Å². The molecular weight excluding hydrogens is 463 g/mol. The maximum atomic E-state index is 10.7. The van der Waals surface area contributed by atoms with Crippen molar-refractivity contribution < 1.29 is 14.9 Å². The van der Waals surface area contributed by atoms with Crippen LogP contribution >= 0.6 is 9.24 Å². The number of ether oxygens (including phenoxy) is 1. The summed E-state index contributed by atoms with van der Waals surface area (Å²) in [5.74, 6) is 5.06. The lowest BCUT2D eigenvalue weighted by Gasteiger charge is -2.36. The van der Waals surface area contributed by atoms with Crippen molar-refractivity contribution in [1.29, 1.82) is 0 Å². The minimum absolute atomic E-state index is 0.134. The van der Waals surface area contributed by atoms with E-state index < -0.39 is 0 Å². The molecule has 0 spiro atoms. The predicted molar refractivity (Wildman–Crippen MR) is 159 cm³/mol. The molecule has 3 saturated carbocycles. The summed E-state index contributed by atoms with van der Waals surface area (Å²) in [5, 5.41) is 21.1. The second kappa shape index (κ2) is 16.7. The molecule has 206 valence electrons. The van der Waals surface area contributed by atoms with Crippen LogP contribution in [0.1, 0.15) is 117 Å². The Kier molecular flexibility index (Phi) is 14.5. The number of hydrogen-bond donors (Lipinski definition) is 2. The molecule has 0 heterocycles. The van der Waals surface area contributed by atoms with E-state index in [0.29, 0.717) is 24.2 Å². The van der Waals surface area contributed by atoms with Crippen LogP contribution in [0.5, 0.6) is 11.5 Å². The predicted octanol–water partition coefficient (Wildman–Crippen LogP) is 8.52. The van der Waals surface area contributed by atoms with Crippen molar-refractivity contribution in [3.63, 3.8) is 0 Å². The first-order valence-corrected chi connectivity index (χ1v) is 15.7. The number of phenols is 1. The van der Waals surface area contributed by atoms with Gasteiger partial charge in [-0.3, -0.25) is 0 Å². The molecule has 1 atom stereocenters. The van der Waals surface area contributed by atoms with Crippen LogP contribution in [0.4, 0.5) is 0 Å². The molecule has 36 heavy (non-hydrogen) atoms. The van der Waals surface area contributed by atoms with Gasteiger partial charge >= 0.3 is 0 Å². The molecule has 3 aliphatic rings. The van der Waals surface area contributed by atoms with Crippen LogP contribution in [-0.4, -0.2) is 22.9 Å². The van der Waals surface area contributed by atoms with Gasteiger partial charge in [0.25, 0.3) is 0 Å². The highest BCUT2D eigenvalue weighted by Crippen LogP contribution is 2.41. The summed E-state index contributed by atoms with van der Waals surface area (Å²) in [6.45, 7) is 11.1. The fourth-order valence-corrected chi connectivity index (χ4v) is 6.54. The van der Waals surface area contributed by atoms with Crippen LogP contribution in [0.15, 0.2) is 18.2 Å². The zero-order valence-electron chi connectivity index (χ0n) is 23.8. The second-order valence-electron chi connectivity index (χ2n) is 11.0. The molecule has 3 fully saturated rings. The van der Waals surface area contributed by atoms with E-state index in [2.05, 4.69) is 28.3 Å². The Morgan fingerprint density at radius 3 is 1.97 bits per heavy atom. The first-order valence-electron chi connectivity index (χ1n) is 15.1. The third-order valence-corrected chi connectivity index (χ3v) is 9.15. The minimum atomic E-state index is -0.134. The summed E-state index contributed by atoms with van der Waals surface area (Å²) in [6, 6.07) is 3.97. The van der Waals surface area contributed by atoms with Gasteiger partial charge in [-0.05, 0) is 106 Å². The first kappa shape index (κ1) is 31.2. The SMILES string of the molecule is CC.CC.CC1CCC(C2CCC(/C=C/c3ccc(OCC4CCC(O)CC4)c(P)c3O)CC2)CC1. The van der Waals surface area contributed by atoms with E-state index in [1.165, 1.54) is 51.4 Å². The maximum Gasteiger partial charge on any atom is 0.133 e. The van der Waals surface area contributed by atoms with Crippen molar-refractivity contribution in [2.45, 2.75) is 118 Å². The van der Waals surface area contributed by atoms with Crippen LogP contribution in [0.3, 0.4) is 0 Å². The lowest BCUT2D eigenvalue weighted by Crippen LogP contribution is -2.24. The zero-order chi connectivity index (χ0) is 26.5. The Morgan fingerprint density at radius 1 is 0.833 bits per heavy atom. The van der Waals surface area contributed by atoms with E-state index in [4.69, 9.17) is 4.74 Å².